The third-order valence-electron chi connectivity index (χ3n) is 3.29. The Labute approximate surface area is 125 Å². The Bertz CT molecular complexity index is 840. The van der Waals surface area contributed by atoms with Gasteiger partial charge in [-0.15, -0.1) is 0 Å². The number of fused-ring (bicyclic) bond motifs is 1. The Hall–Kier alpha value is -2.89. The van der Waals surface area contributed by atoms with Gasteiger partial charge in [-0.05, 0) is 37.3 Å². The van der Waals surface area contributed by atoms with Crippen molar-refractivity contribution in [2.45, 2.75) is 6.92 Å². The molecule has 2 heterocycles. The van der Waals surface area contributed by atoms with Crippen LogP contribution in [-0.2, 0) is 4.74 Å². The molecule has 22 heavy (non-hydrogen) atoms. The van der Waals surface area contributed by atoms with Gasteiger partial charge >= 0.3 is 5.97 Å². The minimum absolute atomic E-state index is 0.119. The fourth-order valence-electron chi connectivity index (χ4n) is 2.27. The number of carbonyl (C=O) groups excluding carboxylic acids is 1. The van der Waals surface area contributed by atoms with Crippen LogP contribution in [0.5, 0.6) is 5.75 Å². The number of nitrogens with zero attached hydrogens (tertiary/aromatic N) is 2. The summed E-state index contributed by atoms with van der Waals surface area (Å²) in [4.78, 5) is 15.7. The lowest BCUT2D eigenvalue weighted by molar-refractivity contribution is 0.0516. The van der Waals surface area contributed by atoms with Gasteiger partial charge in [0.15, 0.2) is 11.4 Å². The molecule has 3 rings (SSSR count). The Morgan fingerprint density at radius 3 is 2.73 bits per heavy atom. The molecule has 0 unspecified atom stereocenters. The number of aromatic nitrogens is 2. The zero-order chi connectivity index (χ0) is 15.7. The molecule has 0 amide bonds. The molecule has 1 aromatic carbocycles. The van der Waals surface area contributed by atoms with Gasteiger partial charge in [0.2, 0.25) is 0 Å². The summed E-state index contributed by atoms with van der Waals surface area (Å²) in [6, 6.07) is 7.59. The number of aromatic hydroxyl groups is 1. The number of pyridine rings is 1. The molecule has 0 aliphatic rings. The van der Waals surface area contributed by atoms with Crippen LogP contribution in [0.2, 0.25) is 0 Å². The van der Waals surface area contributed by atoms with Gasteiger partial charge < -0.3 is 14.4 Å². The molecule has 0 bridgehead atoms. The topological polar surface area (TPSA) is 64.3 Å². The van der Waals surface area contributed by atoms with Gasteiger partial charge in [0, 0.05) is 17.3 Å². The van der Waals surface area contributed by atoms with Crippen LogP contribution in [0.15, 0.2) is 42.7 Å². The van der Waals surface area contributed by atoms with E-state index >= 15 is 0 Å². The van der Waals surface area contributed by atoms with Crippen molar-refractivity contribution in [2.24, 2.45) is 0 Å². The third-order valence-corrected chi connectivity index (χ3v) is 3.29. The first-order valence-electron chi connectivity index (χ1n) is 6.74. The maximum Gasteiger partial charge on any atom is 0.360 e. The second kappa shape index (κ2) is 5.48. The first-order valence-corrected chi connectivity index (χ1v) is 6.74. The summed E-state index contributed by atoms with van der Waals surface area (Å²) in [6.45, 7) is 1.88. The monoisotopic (exact) mass is 300 g/mol. The van der Waals surface area contributed by atoms with E-state index in [0.29, 0.717) is 10.9 Å². The van der Waals surface area contributed by atoms with Crippen LogP contribution in [0.25, 0.3) is 16.6 Å². The molecule has 5 nitrogen and oxygen atoms in total. The number of esters is 1. The van der Waals surface area contributed by atoms with Crippen LogP contribution in [0.4, 0.5) is 4.39 Å². The summed E-state index contributed by atoms with van der Waals surface area (Å²) in [5.74, 6) is -1.22. The minimum Gasteiger partial charge on any atom is -0.505 e. The van der Waals surface area contributed by atoms with Gasteiger partial charge in [-0.25, -0.2) is 14.2 Å². The highest BCUT2D eigenvalue weighted by atomic mass is 19.1. The van der Waals surface area contributed by atoms with Crippen LogP contribution in [0, 0.1) is 5.82 Å². The number of carbonyl (C=O) groups is 1. The second-order valence-corrected chi connectivity index (χ2v) is 4.64. The van der Waals surface area contributed by atoms with E-state index < -0.39 is 5.97 Å². The molecule has 0 saturated heterocycles. The lowest BCUT2D eigenvalue weighted by Crippen LogP contribution is -2.07. The number of ether oxygens (including phenoxy) is 1. The summed E-state index contributed by atoms with van der Waals surface area (Å²) in [7, 11) is 0. The van der Waals surface area contributed by atoms with Crippen molar-refractivity contribution >= 4 is 16.9 Å². The zero-order valence-electron chi connectivity index (χ0n) is 11.8. The number of halogens is 1. The maximum absolute atomic E-state index is 13.0. The standard InChI is InChI=1S/C16H13FN2O3/c1-2-22-16(21)14-15(20)12-7-8-19(13(12)9-18-14)11-5-3-10(17)4-6-11/h3-9,20H,2H2,1H3. The molecule has 0 aliphatic carbocycles. The average molecular weight is 300 g/mol. The van der Waals surface area contributed by atoms with E-state index in [1.54, 1.807) is 35.9 Å². The largest absolute Gasteiger partial charge is 0.505 e. The minimum atomic E-state index is -0.670. The van der Waals surface area contributed by atoms with Gasteiger partial charge in [-0.2, -0.15) is 0 Å². The molecule has 0 spiro atoms. The molecule has 0 saturated carbocycles. The predicted molar refractivity (Wildman–Crippen MR) is 78.6 cm³/mol. The summed E-state index contributed by atoms with van der Waals surface area (Å²) < 4.78 is 19.6. The van der Waals surface area contributed by atoms with Crippen LogP contribution in [-0.4, -0.2) is 27.2 Å². The Morgan fingerprint density at radius 1 is 1.32 bits per heavy atom. The molecule has 1 N–H and O–H groups in total. The predicted octanol–water partition coefficient (Wildman–Crippen LogP) is 3.05. The number of benzene rings is 1. The van der Waals surface area contributed by atoms with E-state index in [1.165, 1.54) is 18.3 Å². The van der Waals surface area contributed by atoms with Crippen LogP contribution >= 0.6 is 0 Å². The van der Waals surface area contributed by atoms with Crippen LogP contribution in [0.1, 0.15) is 17.4 Å². The summed E-state index contributed by atoms with van der Waals surface area (Å²) in [6.07, 6.45) is 3.19. The molecule has 0 atom stereocenters. The molecule has 6 heteroatoms. The number of hydrogen-bond acceptors (Lipinski definition) is 4. The fraction of sp³-hybridized carbons (Fsp3) is 0.125. The quantitative estimate of drug-likeness (QED) is 0.755. The summed E-state index contributed by atoms with van der Waals surface area (Å²) >= 11 is 0. The average Bonchev–Trinajstić information content (AvgIpc) is 2.93. The van der Waals surface area contributed by atoms with Crippen LogP contribution < -0.4 is 0 Å². The molecule has 112 valence electrons. The van der Waals surface area contributed by atoms with Gasteiger partial charge in [0.25, 0.3) is 0 Å². The van der Waals surface area contributed by atoms with Crippen molar-refractivity contribution < 1.29 is 19.0 Å². The molecule has 0 radical (unpaired) electrons. The first kappa shape index (κ1) is 14.1. The van der Waals surface area contributed by atoms with Crippen LogP contribution in [0.3, 0.4) is 0 Å². The number of hydrogen-bond donors (Lipinski definition) is 1. The molecular weight excluding hydrogens is 287 g/mol. The van der Waals surface area contributed by atoms with Crippen molar-refractivity contribution in [3.05, 3.63) is 54.2 Å². The van der Waals surface area contributed by atoms with E-state index in [9.17, 15) is 14.3 Å². The zero-order valence-corrected chi connectivity index (χ0v) is 11.8. The van der Waals surface area contributed by atoms with Crippen molar-refractivity contribution in [3.63, 3.8) is 0 Å². The highest BCUT2D eigenvalue weighted by molar-refractivity contribution is 5.98. The van der Waals surface area contributed by atoms with Crippen molar-refractivity contribution in [2.75, 3.05) is 6.61 Å². The highest BCUT2D eigenvalue weighted by Crippen LogP contribution is 2.30. The van der Waals surface area contributed by atoms with Gasteiger partial charge in [0.05, 0.1) is 18.3 Å². The third kappa shape index (κ3) is 2.28. The highest BCUT2D eigenvalue weighted by Gasteiger charge is 2.18. The smallest absolute Gasteiger partial charge is 0.360 e. The van der Waals surface area contributed by atoms with Gasteiger partial charge in [-0.1, -0.05) is 0 Å². The number of rotatable bonds is 3. The Kier molecular flexibility index (Phi) is 3.50. The Balaban J connectivity index is 2.11. The van der Waals surface area contributed by atoms with E-state index in [4.69, 9.17) is 4.74 Å². The molecule has 0 fully saturated rings. The van der Waals surface area contributed by atoms with E-state index in [2.05, 4.69) is 4.98 Å². The molecule has 3 aromatic rings. The lowest BCUT2D eigenvalue weighted by atomic mass is 10.2. The summed E-state index contributed by atoms with van der Waals surface area (Å²) in [5.41, 5.74) is 1.21. The van der Waals surface area contributed by atoms with Gasteiger partial charge in [0.1, 0.15) is 5.82 Å². The SMILES string of the molecule is CCOC(=O)c1ncc2c(ccn2-c2ccc(F)cc2)c1O. The van der Waals surface area contributed by atoms with E-state index in [-0.39, 0.29) is 23.9 Å². The van der Waals surface area contributed by atoms with Crippen molar-refractivity contribution in [1.29, 1.82) is 0 Å². The van der Waals surface area contributed by atoms with E-state index in [1.807, 2.05) is 0 Å². The lowest BCUT2D eigenvalue weighted by Gasteiger charge is -2.07. The molecule has 2 aromatic heterocycles. The summed E-state index contributed by atoms with van der Waals surface area (Å²) in [5, 5.41) is 10.7. The second-order valence-electron chi connectivity index (χ2n) is 4.64. The Morgan fingerprint density at radius 2 is 2.05 bits per heavy atom. The maximum atomic E-state index is 13.0. The normalized spacial score (nSPS) is 10.8. The first-order chi connectivity index (χ1) is 10.6. The molecular formula is C16H13FN2O3. The van der Waals surface area contributed by atoms with Crippen molar-refractivity contribution in [3.8, 4) is 11.4 Å². The van der Waals surface area contributed by atoms with Gasteiger partial charge in [-0.3, -0.25) is 0 Å². The molecule has 0 aliphatic heterocycles. The fourth-order valence-corrected chi connectivity index (χ4v) is 2.27. The van der Waals surface area contributed by atoms with E-state index in [0.717, 1.165) is 5.69 Å². The van der Waals surface area contributed by atoms with Crippen molar-refractivity contribution in [1.82, 2.24) is 9.55 Å².